The number of rotatable bonds is 7. The van der Waals surface area contributed by atoms with E-state index in [9.17, 15) is 19.1 Å². The minimum atomic E-state index is -1.13. The fraction of sp³-hybridized carbons (Fsp3) is 0.652. The van der Waals surface area contributed by atoms with Crippen LogP contribution in [-0.2, 0) is 10.3 Å². The summed E-state index contributed by atoms with van der Waals surface area (Å²) in [6, 6.07) is 6.83. The van der Waals surface area contributed by atoms with Crippen molar-refractivity contribution in [3.05, 3.63) is 35.6 Å². The predicted molar refractivity (Wildman–Crippen MR) is 109 cm³/mol. The quantitative estimate of drug-likeness (QED) is 0.521. The number of carboxylic acids is 1. The number of amides is 2. The number of carbonyl (C=O) groups is 2. The summed E-state index contributed by atoms with van der Waals surface area (Å²) in [6.45, 7) is 1.53. The number of carboxylic acid groups (broad SMARTS) is 1. The first-order valence-electron chi connectivity index (χ1n) is 11.0. The minimum Gasteiger partial charge on any atom is -0.550 e. The molecule has 3 fully saturated rings. The Labute approximate surface area is 206 Å². The molecule has 3 aliphatic rings. The molecule has 6 nitrogen and oxygen atoms in total. The normalized spacial score (nSPS) is 28.3. The van der Waals surface area contributed by atoms with Crippen molar-refractivity contribution < 1.29 is 48.6 Å². The first-order chi connectivity index (χ1) is 14.3. The molecule has 1 aromatic carbocycles. The molecule has 31 heavy (non-hydrogen) atoms. The van der Waals surface area contributed by atoms with Crippen LogP contribution in [0.3, 0.4) is 0 Å². The van der Waals surface area contributed by atoms with Gasteiger partial charge in [-0.15, -0.1) is 0 Å². The molecule has 8 heteroatoms. The zero-order valence-corrected chi connectivity index (χ0v) is 20.9. The molecule has 0 bridgehead atoms. The first kappa shape index (κ1) is 24.5. The van der Waals surface area contributed by atoms with E-state index in [2.05, 4.69) is 4.90 Å². The second-order valence-corrected chi connectivity index (χ2v) is 9.54. The molecule has 2 amide bonds. The van der Waals surface area contributed by atoms with E-state index < -0.39 is 5.97 Å². The van der Waals surface area contributed by atoms with Crippen molar-refractivity contribution in [1.82, 2.24) is 14.7 Å². The van der Waals surface area contributed by atoms with E-state index in [0.717, 1.165) is 50.6 Å². The van der Waals surface area contributed by atoms with E-state index in [1.807, 2.05) is 25.1 Å². The molecule has 1 heterocycles. The van der Waals surface area contributed by atoms with Crippen molar-refractivity contribution in [2.75, 3.05) is 33.7 Å². The average Bonchev–Trinajstić information content (AvgIpc) is 3.49. The van der Waals surface area contributed by atoms with Crippen molar-refractivity contribution in [2.24, 2.45) is 5.92 Å². The summed E-state index contributed by atoms with van der Waals surface area (Å²) in [5.74, 6) is -0.789. The molecule has 0 radical (unpaired) electrons. The number of benzene rings is 1. The maximum atomic E-state index is 14.0. The summed E-state index contributed by atoms with van der Waals surface area (Å²) in [7, 11) is 4.08. The Balaban J connectivity index is 0.00000272. The Bertz CT molecular complexity index is 822. The van der Waals surface area contributed by atoms with Crippen molar-refractivity contribution in [3.63, 3.8) is 0 Å². The third-order valence-corrected chi connectivity index (χ3v) is 7.51. The van der Waals surface area contributed by atoms with Gasteiger partial charge in [0.15, 0.2) is 0 Å². The summed E-state index contributed by atoms with van der Waals surface area (Å²) in [4.78, 5) is 30.0. The molecule has 4 rings (SSSR count). The van der Waals surface area contributed by atoms with E-state index in [4.69, 9.17) is 0 Å². The van der Waals surface area contributed by atoms with Gasteiger partial charge in [-0.2, -0.15) is 0 Å². The zero-order valence-electron chi connectivity index (χ0n) is 18.9. The maximum absolute atomic E-state index is 14.0. The standard InChI is InChI=1S/C23H32FN3O3.Na/c1-25(2)23(18-4-3-5-19(24)14-18)11-9-22(10-12-23)16-26(13-8-20(28)29)21(30)27(22)15-17-6-7-17;/h3-5,14,17H,6-13,15-16H2,1-2H3,(H,28,29);/q;+1/p-1. The van der Waals surface area contributed by atoms with Gasteiger partial charge in [-0.05, 0) is 76.2 Å². The summed E-state index contributed by atoms with van der Waals surface area (Å²) in [6.07, 6.45) is 5.47. The van der Waals surface area contributed by atoms with Crippen LogP contribution >= 0.6 is 0 Å². The van der Waals surface area contributed by atoms with Gasteiger partial charge in [-0.3, -0.25) is 4.90 Å². The molecule has 1 aliphatic heterocycles. The van der Waals surface area contributed by atoms with E-state index in [1.165, 1.54) is 6.07 Å². The van der Waals surface area contributed by atoms with Gasteiger partial charge in [0, 0.05) is 37.6 Å². The molecular weight excluding hydrogens is 408 g/mol. The fourth-order valence-electron chi connectivity index (χ4n) is 5.44. The van der Waals surface area contributed by atoms with E-state index in [-0.39, 0.29) is 65.4 Å². The van der Waals surface area contributed by atoms with Gasteiger partial charge in [-0.1, -0.05) is 12.1 Å². The predicted octanol–water partition coefficient (Wildman–Crippen LogP) is -0.813. The van der Waals surface area contributed by atoms with Crippen LogP contribution in [0.2, 0.25) is 0 Å². The van der Waals surface area contributed by atoms with Gasteiger partial charge in [0.05, 0.1) is 5.54 Å². The van der Waals surface area contributed by atoms with Gasteiger partial charge in [0.1, 0.15) is 5.82 Å². The Kier molecular flexibility index (Phi) is 7.41. The molecular formula is C23H31FN3NaO3. The van der Waals surface area contributed by atoms with Gasteiger partial charge >= 0.3 is 35.6 Å². The van der Waals surface area contributed by atoms with Gasteiger partial charge < -0.3 is 19.7 Å². The van der Waals surface area contributed by atoms with Crippen LogP contribution in [0.25, 0.3) is 0 Å². The molecule has 1 spiro atoms. The second-order valence-electron chi connectivity index (χ2n) is 9.54. The van der Waals surface area contributed by atoms with Crippen molar-refractivity contribution >= 4 is 12.0 Å². The van der Waals surface area contributed by atoms with Crippen LogP contribution in [0, 0.1) is 11.7 Å². The molecule has 2 aliphatic carbocycles. The largest absolute Gasteiger partial charge is 1.00 e. The SMILES string of the molecule is CN(C)C1(c2cccc(F)c2)CCC2(CC1)CN(CCC(=O)[O-])C(=O)N2CC1CC1.[Na+]. The van der Waals surface area contributed by atoms with Crippen molar-refractivity contribution in [1.29, 1.82) is 0 Å². The van der Waals surface area contributed by atoms with Crippen LogP contribution in [-0.4, -0.2) is 66.0 Å². The maximum Gasteiger partial charge on any atom is 1.00 e. The number of halogens is 1. The summed E-state index contributed by atoms with van der Waals surface area (Å²) in [5.41, 5.74) is 0.451. The Morgan fingerprint density at radius 2 is 1.90 bits per heavy atom. The van der Waals surface area contributed by atoms with Crippen molar-refractivity contribution in [3.8, 4) is 0 Å². The Hall–Kier alpha value is -1.15. The number of urea groups is 1. The van der Waals surface area contributed by atoms with E-state index in [1.54, 1.807) is 17.0 Å². The van der Waals surface area contributed by atoms with Crippen LogP contribution in [0.4, 0.5) is 9.18 Å². The molecule has 0 unspecified atom stereocenters. The first-order valence-corrected chi connectivity index (χ1v) is 11.0. The Morgan fingerprint density at radius 1 is 1.23 bits per heavy atom. The number of hydrogen-bond donors (Lipinski definition) is 0. The van der Waals surface area contributed by atoms with Crippen LogP contribution in [0.5, 0.6) is 0 Å². The number of nitrogens with zero attached hydrogens (tertiary/aromatic N) is 3. The van der Waals surface area contributed by atoms with Gasteiger partial charge in [-0.25, -0.2) is 9.18 Å². The molecule has 1 aromatic rings. The molecule has 2 saturated carbocycles. The monoisotopic (exact) mass is 439 g/mol. The van der Waals surface area contributed by atoms with Gasteiger partial charge in [0.25, 0.3) is 0 Å². The van der Waals surface area contributed by atoms with Gasteiger partial charge in [0.2, 0.25) is 0 Å². The summed E-state index contributed by atoms with van der Waals surface area (Å²) in [5, 5.41) is 10.9. The van der Waals surface area contributed by atoms with Crippen LogP contribution < -0.4 is 34.7 Å². The molecule has 0 N–H and O–H groups in total. The average molecular weight is 440 g/mol. The molecule has 1 saturated heterocycles. The summed E-state index contributed by atoms with van der Waals surface area (Å²) >= 11 is 0. The number of carbonyl (C=O) groups excluding carboxylic acids is 2. The van der Waals surface area contributed by atoms with Crippen LogP contribution in [0.1, 0.15) is 50.5 Å². The Morgan fingerprint density at radius 3 is 2.45 bits per heavy atom. The summed E-state index contributed by atoms with van der Waals surface area (Å²) < 4.78 is 14.0. The molecule has 164 valence electrons. The van der Waals surface area contributed by atoms with Crippen molar-refractivity contribution in [2.45, 2.75) is 56.0 Å². The second kappa shape index (κ2) is 9.38. The van der Waals surface area contributed by atoms with E-state index >= 15 is 0 Å². The smallest absolute Gasteiger partial charge is 0.550 e. The molecule has 0 aromatic heterocycles. The molecule has 0 atom stereocenters. The third kappa shape index (κ3) is 4.80. The topological polar surface area (TPSA) is 66.9 Å². The van der Waals surface area contributed by atoms with E-state index in [0.29, 0.717) is 12.5 Å². The van der Waals surface area contributed by atoms with Crippen LogP contribution in [0.15, 0.2) is 24.3 Å². The number of hydrogen-bond acceptors (Lipinski definition) is 4. The minimum absolute atomic E-state index is 0. The third-order valence-electron chi connectivity index (χ3n) is 7.51. The zero-order chi connectivity index (χ0) is 21.5. The fourth-order valence-corrected chi connectivity index (χ4v) is 5.44. The number of aliphatic carboxylic acids is 1.